The van der Waals surface area contributed by atoms with E-state index in [0.29, 0.717) is 0 Å². The van der Waals surface area contributed by atoms with Crippen LogP contribution in [0.3, 0.4) is 0 Å². The zero-order valence-corrected chi connectivity index (χ0v) is 32.3. The Morgan fingerprint density at radius 1 is 0.345 bits per heavy atom. The zero-order chi connectivity index (χ0) is 38.2. The molecule has 12 aromatic rings. The third-order valence-electron chi connectivity index (χ3n) is 11.6. The van der Waals surface area contributed by atoms with Crippen LogP contribution in [0.2, 0.25) is 0 Å². The molecule has 0 N–H and O–H groups in total. The van der Waals surface area contributed by atoms with Gasteiger partial charge in [0.2, 0.25) is 0 Å². The van der Waals surface area contributed by atoms with Crippen molar-refractivity contribution >= 4 is 104 Å². The van der Waals surface area contributed by atoms with Crippen molar-refractivity contribution in [3.8, 4) is 11.1 Å². The van der Waals surface area contributed by atoms with Crippen LogP contribution in [0.5, 0.6) is 0 Å². The SMILES string of the molecule is c1ccc(-c2ccc3c(c2)c2c4cc(N(c5ccccc5)c5ccccc5)ccc4cc4c5sc6ccc(N(c7ccccc7)c7ccccc7)cc6c5n3c42)cc1. The second-order valence-corrected chi connectivity index (χ2v) is 16.0. The van der Waals surface area contributed by atoms with E-state index in [0.717, 1.165) is 34.1 Å². The van der Waals surface area contributed by atoms with Crippen LogP contribution in [0.4, 0.5) is 34.1 Å². The van der Waals surface area contributed by atoms with Gasteiger partial charge in [-0.2, -0.15) is 0 Å². The van der Waals surface area contributed by atoms with Crippen molar-refractivity contribution in [3.63, 3.8) is 0 Å². The summed E-state index contributed by atoms with van der Waals surface area (Å²) >= 11 is 1.90. The molecule has 3 heterocycles. The van der Waals surface area contributed by atoms with E-state index < -0.39 is 0 Å². The van der Waals surface area contributed by atoms with Crippen LogP contribution in [-0.4, -0.2) is 4.40 Å². The molecule has 0 unspecified atom stereocenters. The summed E-state index contributed by atoms with van der Waals surface area (Å²) < 4.78 is 5.18. The van der Waals surface area contributed by atoms with Gasteiger partial charge in [0, 0.05) is 60.4 Å². The lowest BCUT2D eigenvalue weighted by atomic mass is 9.98. The lowest BCUT2D eigenvalue weighted by Gasteiger charge is -2.25. The number of thiophene rings is 1. The standard InChI is InChI=1S/C54H35N3S/c1-6-16-36(17-7-1)37-27-30-49-46(32-37)51-45-34-43(55(39-18-8-2-9-19-39)40-20-10-3-11-21-40)28-26-38(45)33-48-52(51)57(49)53-47-35-44(29-31-50(47)58-54(48)53)56(41-22-12-4-13-23-41)42-24-14-5-15-25-42/h1-35H. The average Bonchev–Trinajstić information content (AvgIpc) is 3.94. The number of anilines is 6. The fourth-order valence-electron chi connectivity index (χ4n) is 9.10. The number of nitrogens with zero attached hydrogens (tertiary/aromatic N) is 3. The molecule has 58 heavy (non-hydrogen) atoms. The van der Waals surface area contributed by atoms with Gasteiger partial charge in [-0.05, 0) is 119 Å². The van der Waals surface area contributed by atoms with Crippen LogP contribution in [0.25, 0.3) is 69.4 Å². The predicted molar refractivity (Wildman–Crippen MR) is 249 cm³/mol. The van der Waals surface area contributed by atoms with E-state index in [4.69, 9.17) is 0 Å². The second kappa shape index (κ2) is 13.1. The summed E-state index contributed by atoms with van der Waals surface area (Å²) in [5, 5.41) is 7.62. The topological polar surface area (TPSA) is 10.9 Å². The number of hydrogen-bond donors (Lipinski definition) is 0. The number of hydrogen-bond acceptors (Lipinski definition) is 3. The second-order valence-electron chi connectivity index (χ2n) is 15.0. The van der Waals surface area contributed by atoms with Gasteiger partial charge >= 0.3 is 0 Å². The third kappa shape index (κ3) is 5.05. The quantitative estimate of drug-likeness (QED) is 0.160. The maximum Gasteiger partial charge on any atom is 0.0729 e. The van der Waals surface area contributed by atoms with Crippen molar-refractivity contribution in [2.75, 3.05) is 9.80 Å². The molecule has 0 saturated carbocycles. The summed E-state index contributed by atoms with van der Waals surface area (Å²) in [4.78, 5) is 4.73. The molecule has 0 fully saturated rings. The van der Waals surface area contributed by atoms with Gasteiger partial charge in [0.15, 0.2) is 0 Å². The van der Waals surface area contributed by atoms with Crippen molar-refractivity contribution in [1.82, 2.24) is 4.40 Å². The maximum atomic E-state index is 2.57. The summed E-state index contributed by atoms with van der Waals surface area (Å²) in [6, 6.07) is 77.1. The van der Waals surface area contributed by atoms with E-state index in [-0.39, 0.29) is 0 Å². The number of fused-ring (bicyclic) bond motifs is 10. The molecule has 0 atom stereocenters. The molecule has 3 aromatic heterocycles. The molecule has 0 spiro atoms. The molecule has 0 bridgehead atoms. The molecule has 0 aliphatic carbocycles. The van der Waals surface area contributed by atoms with Crippen LogP contribution in [0.15, 0.2) is 212 Å². The first kappa shape index (κ1) is 32.8. The minimum absolute atomic E-state index is 1.13. The summed E-state index contributed by atoms with van der Waals surface area (Å²) in [6.07, 6.45) is 0. The molecular formula is C54H35N3S. The number of aromatic nitrogens is 1. The molecule has 0 aliphatic heterocycles. The summed E-state index contributed by atoms with van der Waals surface area (Å²) in [7, 11) is 0. The van der Waals surface area contributed by atoms with Crippen molar-refractivity contribution in [1.29, 1.82) is 0 Å². The Hall–Kier alpha value is -7.40. The molecule has 12 rings (SSSR count). The summed E-state index contributed by atoms with van der Waals surface area (Å²) in [5.41, 5.74) is 13.0. The van der Waals surface area contributed by atoms with Gasteiger partial charge in [0.05, 0.1) is 21.3 Å². The van der Waals surface area contributed by atoms with E-state index in [1.165, 1.54) is 69.4 Å². The minimum atomic E-state index is 1.13. The Labute approximate surface area is 339 Å². The Balaban J connectivity index is 1.17. The molecular weight excluding hydrogens is 723 g/mol. The summed E-state index contributed by atoms with van der Waals surface area (Å²) in [5.74, 6) is 0. The molecule has 0 amide bonds. The first-order valence-corrected chi connectivity index (χ1v) is 20.6. The van der Waals surface area contributed by atoms with Gasteiger partial charge in [0.1, 0.15) is 0 Å². The van der Waals surface area contributed by atoms with E-state index in [9.17, 15) is 0 Å². The lowest BCUT2D eigenvalue weighted by molar-refractivity contribution is 1.29. The summed E-state index contributed by atoms with van der Waals surface area (Å²) in [6.45, 7) is 0. The molecule has 0 radical (unpaired) electrons. The normalized spacial score (nSPS) is 11.8. The first-order chi connectivity index (χ1) is 28.8. The minimum Gasteiger partial charge on any atom is -0.310 e. The fraction of sp³-hybridized carbons (Fsp3) is 0. The number of rotatable bonds is 7. The van der Waals surface area contributed by atoms with Gasteiger partial charge in [0.25, 0.3) is 0 Å². The van der Waals surface area contributed by atoms with Gasteiger partial charge in [-0.3, -0.25) is 0 Å². The van der Waals surface area contributed by atoms with Crippen molar-refractivity contribution in [2.45, 2.75) is 0 Å². The highest BCUT2D eigenvalue weighted by molar-refractivity contribution is 7.26. The van der Waals surface area contributed by atoms with Crippen molar-refractivity contribution < 1.29 is 0 Å². The molecule has 272 valence electrons. The van der Waals surface area contributed by atoms with Gasteiger partial charge < -0.3 is 14.2 Å². The van der Waals surface area contributed by atoms with Crippen LogP contribution in [0.1, 0.15) is 0 Å². The van der Waals surface area contributed by atoms with E-state index in [1.807, 2.05) is 11.3 Å². The van der Waals surface area contributed by atoms with Crippen LogP contribution in [0, 0.1) is 0 Å². The highest BCUT2D eigenvalue weighted by atomic mass is 32.1. The Bertz CT molecular complexity index is 3350. The average molecular weight is 758 g/mol. The van der Waals surface area contributed by atoms with E-state index in [1.54, 1.807) is 0 Å². The van der Waals surface area contributed by atoms with E-state index in [2.05, 4.69) is 227 Å². The van der Waals surface area contributed by atoms with Crippen LogP contribution >= 0.6 is 11.3 Å². The Morgan fingerprint density at radius 3 is 1.43 bits per heavy atom. The molecule has 9 aromatic carbocycles. The Morgan fingerprint density at radius 2 is 0.862 bits per heavy atom. The van der Waals surface area contributed by atoms with Crippen LogP contribution in [-0.2, 0) is 0 Å². The monoisotopic (exact) mass is 757 g/mol. The molecule has 0 aliphatic rings. The maximum absolute atomic E-state index is 2.57. The first-order valence-electron chi connectivity index (χ1n) is 19.8. The molecule has 4 heteroatoms. The third-order valence-corrected chi connectivity index (χ3v) is 12.8. The van der Waals surface area contributed by atoms with Gasteiger partial charge in [-0.15, -0.1) is 11.3 Å². The smallest absolute Gasteiger partial charge is 0.0729 e. The fourth-order valence-corrected chi connectivity index (χ4v) is 10.3. The molecule has 0 saturated heterocycles. The number of benzene rings is 9. The van der Waals surface area contributed by atoms with Gasteiger partial charge in [-0.25, -0.2) is 0 Å². The zero-order valence-electron chi connectivity index (χ0n) is 31.5. The Kier molecular flexibility index (Phi) is 7.40. The number of para-hydroxylation sites is 4. The largest absolute Gasteiger partial charge is 0.310 e. The van der Waals surface area contributed by atoms with Crippen LogP contribution < -0.4 is 9.80 Å². The molecule has 3 nitrogen and oxygen atoms in total. The lowest BCUT2D eigenvalue weighted by Crippen LogP contribution is -2.09. The highest BCUT2D eigenvalue weighted by Crippen LogP contribution is 2.50. The van der Waals surface area contributed by atoms with Gasteiger partial charge in [-0.1, -0.05) is 115 Å². The highest BCUT2D eigenvalue weighted by Gasteiger charge is 2.25. The predicted octanol–water partition coefficient (Wildman–Crippen LogP) is 15.8. The van der Waals surface area contributed by atoms with E-state index >= 15 is 0 Å². The van der Waals surface area contributed by atoms with Crippen molar-refractivity contribution in [3.05, 3.63) is 212 Å². The van der Waals surface area contributed by atoms with Crippen molar-refractivity contribution in [2.24, 2.45) is 0 Å².